The van der Waals surface area contributed by atoms with E-state index in [4.69, 9.17) is 4.74 Å². The molecular weight excluding hydrogens is 326 g/mol. The molecule has 0 aliphatic carbocycles. The molecule has 4 heterocycles. The molecule has 0 bridgehead atoms. The minimum Gasteiger partial charge on any atom is -0.373 e. The first-order chi connectivity index (χ1) is 12.8. The van der Waals surface area contributed by atoms with Crippen LogP contribution in [0.5, 0.6) is 0 Å². The maximum absolute atomic E-state index is 6.29. The Balaban J connectivity index is 1.47. The zero-order valence-corrected chi connectivity index (χ0v) is 14.7. The van der Waals surface area contributed by atoms with Crippen molar-refractivity contribution in [2.75, 3.05) is 19.7 Å². The van der Waals surface area contributed by atoms with Crippen molar-refractivity contribution < 1.29 is 4.74 Å². The summed E-state index contributed by atoms with van der Waals surface area (Å²) < 4.78 is 10.5. The molecule has 5 rings (SSSR count). The Morgan fingerprint density at radius 1 is 1.08 bits per heavy atom. The summed E-state index contributed by atoms with van der Waals surface area (Å²) in [6, 6.07) is 12.5. The van der Waals surface area contributed by atoms with Crippen molar-refractivity contribution in [3.8, 4) is 17.2 Å². The second-order valence-electron chi connectivity index (χ2n) is 7.22. The quantitative estimate of drug-likeness (QED) is 0.790. The van der Waals surface area contributed by atoms with Crippen LogP contribution in [0.4, 0.5) is 0 Å². The van der Waals surface area contributed by atoms with Gasteiger partial charge in [0, 0.05) is 12.4 Å². The Morgan fingerprint density at radius 2 is 1.92 bits per heavy atom. The fourth-order valence-electron chi connectivity index (χ4n) is 4.28. The zero-order valence-electron chi connectivity index (χ0n) is 14.7. The van der Waals surface area contributed by atoms with Gasteiger partial charge in [-0.25, -0.2) is 9.67 Å². The first-order valence-electron chi connectivity index (χ1n) is 9.32. The number of piperidine rings is 1. The molecule has 1 atom stereocenters. The molecule has 1 aromatic carbocycles. The van der Waals surface area contributed by atoms with E-state index >= 15 is 0 Å². The third-order valence-corrected chi connectivity index (χ3v) is 5.64. The summed E-state index contributed by atoms with van der Waals surface area (Å²) in [5.41, 5.74) is 2.09. The van der Waals surface area contributed by atoms with Gasteiger partial charge < -0.3 is 14.6 Å². The summed E-state index contributed by atoms with van der Waals surface area (Å²) in [7, 11) is 0. The van der Waals surface area contributed by atoms with Gasteiger partial charge in [-0.3, -0.25) is 0 Å². The Hall–Kier alpha value is -2.44. The number of hydrogen-bond donors (Lipinski definition) is 1. The van der Waals surface area contributed by atoms with Crippen molar-refractivity contribution in [1.82, 2.24) is 24.6 Å². The van der Waals surface area contributed by atoms with E-state index in [1.54, 1.807) is 0 Å². The van der Waals surface area contributed by atoms with Gasteiger partial charge in [-0.1, -0.05) is 18.2 Å². The first-order valence-corrected chi connectivity index (χ1v) is 9.32. The van der Waals surface area contributed by atoms with Crippen LogP contribution in [0.25, 0.3) is 17.2 Å². The van der Waals surface area contributed by atoms with Crippen molar-refractivity contribution in [2.24, 2.45) is 0 Å². The van der Waals surface area contributed by atoms with Crippen LogP contribution in [-0.2, 0) is 4.74 Å². The van der Waals surface area contributed by atoms with Crippen LogP contribution < -0.4 is 5.32 Å². The highest BCUT2D eigenvalue weighted by Gasteiger charge is 2.42. The lowest BCUT2D eigenvalue weighted by molar-refractivity contribution is -0.0195. The molecule has 6 heteroatoms. The van der Waals surface area contributed by atoms with E-state index in [0.29, 0.717) is 6.04 Å². The van der Waals surface area contributed by atoms with Crippen molar-refractivity contribution in [2.45, 2.75) is 30.9 Å². The van der Waals surface area contributed by atoms with Crippen molar-refractivity contribution in [3.63, 3.8) is 0 Å². The minimum atomic E-state index is 0.0388. The van der Waals surface area contributed by atoms with E-state index in [-0.39, 0.29) is 5.60 Å². The number of aromatic nitrogens is 4. The van der Waals surface area contributed by atoms with Crippen molar-refractivity contribution in [3.05, 3.63) is 55.0 Å². The Labute approximate surface area is 152 Å². The number of nitrogens with zero attached hydrogens (tertiary/aromatic N) is 4. The molecule has 2 aromatic heterocycles. The summed E-state index contributed by atoms with van der Waals surface area (Å²) in [4.78, 5) is 4.66. The van der Waals surface area contributed by atoms with E-state index in [2.05, 4.69) is 38.3 Å². The molecule has 2 aliphatic rings. The Bertz CT molecular complexity index is 879. The highest BCUT2D eigenvalue weighted by Crippen LogP contribution is 2.40. The molecule has 3 aromatic rings. The van der Waals surface area contributed by atoms with E-state index in [0.717, 1.165) is 56.2 Å². The molecule has 134 valence electrons. The summed E-state index contributed by atoms with van der Waals surface area (Å²) in [5, 5.41) is 7.95. The molecule has 1 spiro atoms. The van der Waals surface area contributed by atoms with Crippen LogP contribution in [0, 0.1) is 0 Å². The van der Waals surface area contributed by atoms with Gasteiger partial charge >= 0.3 is 0 Å². The lowest BCUT2D eigenvalue weighted by atomic mass is 9.88. The number of rotatable bonds is 3. The van der Waals surface area contributed by atoms with Crippen LogP contribution in [0.15, 0.2) is 55.0 Å². The summed E-state index contributed by atoms with van der Waals surface area (Å²) in [6.07, 6.45) is 9.03. The van der Waals surface area contributed by atoms with E-state index < -0.39 is 0 Å². The third-order valence-electron chi connectivity index (χ3n) is 5.64. The SMILES string of the molecule is c1ccc(-n2nccc2-c2nccn2C2COC3(CCNCC3)C2)cc1. The molecule has 2 saturated heterocycles. The molecule has 1 unspecified atom stereocenters. The second kappa shape index (κ2) is 6.37. The highest BCUT2D eigenvalue weighted by molar-refractivity contribution is 5.54. The largest absolute Gasteiger partial charge is 0.373 e. The fraction of sp³-hybridized carbons (Fsp3) is 0.400. The predicted molar refractivity (Wildman–Crippen MR) is 99.2 cm³/mol. The normalized spacial score (nSPS) is 22.1. The van der Waals surface area contributed by atoms with E-state index in [9.17, 15) is 0 Å². The Kier molecular flexibility index (Phi) is 3.87. The number of imidazole rings is 1. The predicted octanol–water partition coefficient (Wildman–Crippen LogP) is 2.82. The number of ether oxygens (including phenoxy) is 1. The fourth-order valence-corrected chi connectivity index (χ4v) is 4.28. The molecule has 26 heavy (non-hydrogen) atoms. The maximum atomic E-state index is 6.29. The second-order valence-corrected chi connectivity index (χ2v) is 7.22. The molecular formula is C20H23N5O. The molecule has 1 N–H and O–H groups in total. The van der Waals surface area contributed by atoms with Gasteiger partial charge in [-0.15, -0.1) is 0 Å². The van der Waals surface area contributed by atoms with Crippen LogP contribution in [0.2, 0.25) is 0 Å². The van der Waals surface area contributed by atoms with E-state index in [1.165, 1.54) is 0 Å². The lowest BCUT2D eigenvalue weighted by Gasteiger charge is -2.33. The highest BCUT2D eigenvalue weighted by atomic mass is 16.5. The van der Waals surface area contributed by atoms with Crippen LogP contribution >= 0.6 is 0 Å². The average molecular weight is 349 g/mol. The van der Waals surface area contributed by atoms with Gasteiger partial charge in [0.2, 0.25) is 0 Å². The molecule has 6 nitrogen and oxygen atoms in total. The van der Waals surface area contributed by atoms with Gasteiger partial charge in [0.15, 0.2) is 5.82 Å². The molecule has 0 amide bonds. The van der Waals surface area contributed by atoms with Gasteiger partial charge in [0.1, 0.15) is 5.69 Å². The first kappa shape index (κ1) is 15.8. The van der Waals surface area contributed by atoms with Gasteiger partial charge in [0.05, 0.1) is 30.1 Å². The molecule has 0 radical (unpaired) electrons. The standard InChI is InChI=1S/C20H23N5O/c1-2-4-16(5-3-1)25-18(6-9-23-25)19-22-12-13-24(19)17-14-20(26-15-17)7-10-21-11-8-20/h1-6,9,12-13,17,21H,7-8,10-11,14-15H2. The summed E-state index contributed by atoms with van der Waals surface area (Å²) in [6.45, 7) is 2.84. The number of hydrogen-bond acceptors (Lipinski definition) is 4. The van der Waals surface area contributed by atoms with Gasteiger partial charge in [-0.05, 0) is 50.6 Å². The van der Waals surface area contributed by atoms with Gasteiger partial charge in [-0.2, -0.15) is 5.10 Å². The van der Waals surface area contributed by atoms with Crippen molar-refractivity contribution >= 4 is 0 Å². The number of benzene rings is 1. The smallest absolute Gasteiger partial charge is 0.159 e. The van der Waals surface area contributed by atoms with Crippen molar-refractivity contribution in [1.29, 1.82) is 0 Å². The number of nitrogens with one attached hydrogen (secondary N) is 1. The molecule has 2 aliphatic heterocycles. The lowest BCUT2D eigenvalue weighted by Crippen LogP contribution is -2.41. The number of para-hydroxylation sites is 1. The third kappa shape index (κ3) is 2.66. The van der Waals surface area contributed by atoms with Crippen LogP contribution in [-0.4, -0.2) is 44.6 Å². The van der Waals surface area contributed by atoms with Crippen LogP contribution in [0.1, 0.15) is 25.3 Å². The molecule has 0 saturated carbocycles. The van der Waals surface area contributed by atoms with Crippen LogP contribution in [0.3, 0.4) is 0 Å². The average Bonchev–Trinajstić information content (AvgIpc) is 3.42. The maximum Gasteiger partial charge on any atom is 0.159 e. The topological polar surface area (TPSA) is 56.9 Å². The Morgan fingerprint density at radius 3 is 2.77 bits per heavy atom. The minimum absolute atomic E-state index is 0.0388. The summed E-state index contributed by atoms with van der Waals surface area (Å²) in [5.74, 6) is 0.950. The zero-order chi connectivity index (χ0) is 17.4. The van der Waals surface area contributed by atoms with Gasteiger partial charge in [0.25, 0.3) is 0 Å². The molecule has 2 fully saturated rings. The van der Waals surface area contributed by atoms with E-state index in [1.807, 2.05) is 41.3 Å². The monoisotopic (exact) mass is 349 g/mol. The summed E-state index contributed by atoms with van der Waals surface area (Å²) >= 11 is 0.